The van der Waals surface area contributed by atoms with Crippen molar-refractivity contribution in [3.8, 4) is 6.07 Å². The number of ether oxygens (including phenoxy) is 1. The number of rotatable bonds is 5. The molecule has 1 fully saturated rings. The van der Waals surface area contributed by atoms with E-state index in [0.717, 1.165) is 25.9 Å². The van der Waals surface area contributed by atoms with Crippen LogP contribution in [0.25, 0.3) is 0 Å². The van der Waals surface area contributed by atoms with E-state index in [9.17, 15) is 8.42 Å². The normalized spacial score (nSPS) is 19.1. The average Bonchev–Trinajstić information content (AvgIpc) is 2.48. The molecule has 0 amide bonds. The molecule has 114 valence electrons. The maximum Gasteiger partial charge on any atom is 0.240 e. The molecule has 0 saturated carbocycles. The lowest BCUT2D eigenvalue weighted by Gasteiger charge is -2.22. The van der Waals surface area contributed by atoms with Gasteiger partial charge in [0.1, 0.15) is 0 Å². The first kappa shape index (κ1) is 16.0. The van der Waals surface area contributed by atoms with Gasteiger partial charge in [0.05, 0.1) is 22.6 Å². The van der Waals surface area contributed by atoms with E-state index in [2.05, 4.69) is 4.72 Å². The Morgan fingerprint density at radius 3 is 2.90 bits per heavy atom. The lowest BCUT2D eigenvalue weighted by molar-refractivity contribution is 0.0123. The molecule has 1 aliphatic rings. The molecule has 0 aliphatic carbocycles. The lowest BCUT2D eigenvalue weighted by Crippen LogP contribution is -2.30. The number of hydrogen-bond donors (Lipinski definition) is 1. The zero-order chi connectivity index (χ0) is 15.3. The molecule has 6 heteroatoms. The highest BCUT2D eigenvalue weighted by atomic mass is 32.2. The SMILES string of the molecule is Cc1ccc(C#N)cc1S(=O)(=O)NCCC1CCCCO1. The molecule has 0 bridgehead atoms. The zero-order valence-corrected chi connectivity index (χ0v) is 12.9. The molecule has 1 aromatic carbocycles. The fourth-order valence-electron chi connectivity index (χ4n) is 2.43. The van der Waals surface area contributed by atoms with Crippen LogP contribution in [0.1, 0.15) is 36.8 Å². The van der Waals surface area contributed by atoms with Crippen molar-refractivity contribution >= 4 is 10.0 Å². The summed E-state index contributed by atoms with van der Waals surface area (Å²) in [5.41, 5.74) is 0.979. The van der Waals surface area contributed by atoms with E-state index in [1.54, 1.807) is 19.1 Å². The summed E-state index contributed by atoms with van der Waals surface area (Å²) in [6, 6.07) is 6.64. The van der Waals surface area contributed by atoms with Crippen molar-refractivity contribution in [2.75, 3.05) is 13.2 Å². The Morgan fingerprint density at radius 1 is 1.43 bits per heavy atom. The van der Waals surface area contributed by atoms with Gasteiger partial charge in [-0.25, -0.2) is 13.1 Å². The van der Waals surface area contributed by atoms with Gasteiger partial charge in [-0.1, -0.05) is 6.07 Å². The summed E-state index contributed by atoms with van der Waals surface area (Å²) in [4.78, 5) is 0.172. The number of sulfonamides is 1. The van der Waals surface area contributed by atoms with Crippen LogP contribution in [-0.4, -0.2) is 27.7 Å². The molecular formula is C15H20N2O3S. The smallest absolute Gasteiger partial charge is 0.240 e. The van der Waals surface area contributed by atoms with Gasteiger partial charge >= 0.3 is 0 Å². The minimum absolute atomic E-state index is 0.146. The third-order valence-electron chi connectivity index (χ3n) is 3.64. The van der Waals surface area contributed by atoms with Crippen LogP contribution in [0, 0.1) is 18.3 Å². The van der Waals surface area contributed by atoms with Crippen molar-refractivity contribution in [3.05, 3.63) is 29.3 Å². The molecule has 2 rings (SSSR count). The van der Waals surface area contributed by atoms with Crippen molar-refractivity contribution < 1.29 is 13.2 Å². The first-order chi connectivity index (χ1) is 10.0. The molecule has 21 heavy (non-hydrogen) atoms. The monoisotopic (exact) mass is 308 g/mol. The van der Waals surface area contributed by atoms with Gasteiger partial charge in [-0.15, -0.1) is 0 Å². The molecule has 0 spiro atoms. The molecule has 1 N–H and O–H groups in total. The van der Waals surface area contributed by atoms with Crippen LogP contribution in [0.4, 0.5) is 0 Å². The van der Waals surface area contributed by atoms with Gasteiger partial charge in [-0.2, -0.15) is 5.26 Å². The number of hydrogen-bond acceptors (Lipinski definition) is 4. The molecule has 1 saturated heterocycles. The maximum atomic E-state index is 12.3. The highest BCUT2D eigenvalue weighted by Gasteiger charge is 2.19. The number of nitrogens with zero attached hydrogens (tertiary/aromatic N) is 1. The van der Waals surface area contributed by atoms with Gasteiger partial charge in [0, 0.05) is 13.2 Å². The van der Waals surface area contributed by atoms with E-state index in [1.807, 2.05) is 6.07 Å². The molecule has 0 radical (unpaired) electrons. The van der Waals surface area contributed by atoms with Crippen LogP contribution in [0.2, 0.25) is 0 Å². The maximum absolute atomic E-state index is 12.3. The third-order valence-corrected chi connectivity index (χ3v) is 5.24. The molecule has 0 aromatic heterocycles. The van der Waals surface area contributed by atoms with Crippen molar-refractivity contribution in [1.82, 2.24) is 4.72 Å². The summed E-state index contributed by atoms with van der Waals surface area (Å²) in [6.07, 6.45) is 4.04. The van der Waals surface area contributed by atoms with Crippen LogP contribution in [-0.2, 0) is 14.8 Å². The second-order valence-electron chi connectivity index (χ2n) is 5.27. The Kier molecular flexibility index (Phi) is 5.34. The van der Waals surface area contributed by atoms with E-state index in [0.29, 0.717) is 24.1 Å². The van der Waals surface area contributed by atoms with Crippen LogP contribution in [0.3, 0.4) is 0 Å². The Morgan fingerprint density at radius 2 is 2.24 bits per heavy atom. The van der Waals surface area contributed by atoms with E-state index >= 15 is 0 Å². The highest BCUT2D eigenvalue weighted by Crippen LogP contribution is 2.18. The Bertz CT molecular complexity index is 629. The van der Waals surface area contributed by atoms with Gasteiger partial charge < -0.3 is 4.74 Å². The molecule has 1 atom stereocenters. The van der Waals surface area contributed by atoms with E-state index in [4.69, 9.17) is 10.00 Å². The molecule has 1 unspecified atom stereocenters. The largest absolute Gasteiger partial charge is 0.378 e. The van der Waals surface area contributed by atoms with Crippen LogP contribution in [0.5, 0.6) is 0 Å². The molecular weight excluding hydrogens is 288 g/mol. The Labute approximate surface area is 126 Å². The van der Waals surface area contributed by atoms with Crippen molar-refractivity contribution in [2.45, 2.75) is 43.6 Å². The second-order valence-corrected chi connectivity index (χ2v) is 7.00. The van der Waals surface area contributed by atoms with E-state index in [1.165, 1.54) is 6.07 Å². The Balaban J connectivity index is 1.99. The topological polar surface area (TPSA) is 79.2 Å². The lowest BCUT2D eigenvalue weighted by atomic mass is 10.1. The van der Waals surface area contributed by atoms with Gasteiger partial charge in [0.25, 0.3) is 0 Å². The molecule has 5 nitrogen and oxygen atoms in total. The fraction of sp³-hybridized carbons (Fsp3) is 0.533. The molecule has 1 aromatic rings. The van der Waals surface area contributed by atoms with E-state index in [-0.39, 0.29) is 11.0 Å². The summed E-state index contributed by atoms with van der Waals surface area (Å²) < 4.78 is 32.8. The Hall–Kier alpha value is -1.42. The third kappa shape index (κ3) is 4.27. The van der Waals surface area contributed by atoms with Gasteiger partial charge in [0.2, 0.25) is 10.0 Å². The standard InChI is InChI=1S/C15H20N2O3S/c1-12-5-6-13(11-16)10-15(12)21(18,19)17-8-7-14-4-2-3-9-20-14/h5-6,10,14,17H,2-4,7-9H2,1H3. The summed E-state index contributed by atoms with van der Waals surface area (Å²) >= 11 is 0. The second kappa shape index (κ2) is 7.03. The van der Waals surface area contributed by atoms with Crippen LogP contribution >= 0.6 is 0 Å². The van der Waals surface area contributed by atoms with Gasteiger partial charge in [-0.3, -0.25) is 0 Å². The predicted molar refractivity (Wildman–Crippen MR) is 79.3 cm³/mol. The average molecular weight is 308 g/mol. The first-order valence-corrected chi connectivity index (χ1v) is 8.63. The van der Waals surface area contributed by atoms with Crippen molar-refractivity contribution in [3.63, 3.8) is 0 Å². The minimum atomic E-state index is -3.58. The quantitative estimate of drug-likeness (QED) is 0.903. The van der Waals surface area contributed by atoms with Gasteiger partial charge in [0.15, 0.2) is 0 Å². The first-order valence-electron chi connectivity index (χ1n) is 7.15. The minimum Gasteiger partial charge on any atom is -0.378 e. The predicted octanol–water partition coefficient (Wildman–Crippen LogP) is 2.10. The molecule has 1 aliphatic heterocycles. The summed E-state index contributed by atoms with van der Waals surface area (Å²) in [5, 5.41) is 8.88. The molecule has 1 heterocycles. The van der Waals surface area contributed by atoms with Crippen molar-refractivity contribution in [2.24, 2.45) is 0 Å². The fourth-order valence-corrected chi connectivity index (χ4v) is 3.74. The van der Waals surface area contributed by atoms with Crippen LogP contribution in [0.15, 0.2) is 23.1 Å². The zero-order valence-electron chi connectivity index (χ0n) is 12.1. The highest BCUT2D eigenvalue weighted by molar-refractivity contribution is 7.89. The van der Waals surface area contributed by atoms with Crippen LogP contribution < -0.4 is 4.72 Å². The number of aryl methyl sites for hydroxylation is 1. The van der Waals surface area contributed by atoms with Gasteiger partial charge in [-0.05, 0) is 50.3 Å². The number of benzene rings is 1. The number of nitriles is 1. The summed E-state index contributed by atoms with van der Waals surface area (Å²) in [5.74, 6) is 0. The van der Waals surface area contributed by atoms with E-state index < -0.39 is 10.0 Å². The number of nitrogens with one attached hydrogen (secondary N) is 1. The summed E-state index contributed by atoms with van der Waals surface area (Å²) in [7, 11) is -3.58. The van der Waals surface area contributed by atoms with Crippen molar-refractivity contribution in [1.29, 1.82) is 5.26 Å². The summed E-state index contributed by atoms with van der Waals surface area (Å²) in [6.45, 7) is 2.84.